The lowest BCUT2D eigenvalue weighted by atomic mass is 9.93. The summed E-state index contributed by atoms with van der Waals surface area (Å²) >= 11 is 0. The molecule has 3 nitrogen and oxygen atoms in total. The molecule has 0 saturated carbocycles. The van der Waals surface area contributed by atoms with Gasteiger partial charge in [0, 0.05) is 28.4 Å². The van der Waals surface area contributed by atoms with Crippen molar-refractivity contribution in [3.05, 3.63) is 229 Å². The lowest BCUT2D eigenvalue weighted by molar-refractivity contribution is 1.18. The van der Waals surface area contributed by atoms with E-state index in [0.29, 0.717) is 6.42 Å². The molecule has 1 aliphatic rings. The molecule has 56 heavy (non-hydrogen) atoms. The standard InChI is InChI=1S/C53H37N3/c1-4-14-37(15-5-1)38-28-31-44(32-29-38)56-51-23-13-12-22-47(51)48-36-43(30-35-52(48)56)46-21-11-10-20-45(46)39-24-26-41(27-25-39)50-34-33-49(40-16-6-2-7-17-40)54-53(55-50)42-18-8-3-9-19-42/h1-32,34-36H,33H2. The van der Waals surface area contributed by atoms with E-state index in [1.807, 2.05) is 24.3 Å². The van der Waals surface area contributed by atoms with Gasteiger partial charge in [0.15, 0.2) is 5.84 Å². The second-order valence-corrected chi connectivity index (χ2v) is 14.1. The number of rotatable bonds is 7. The summed E-state index contributed by atoms with van der Waals surface area (Å²) in [6.07, 6.45) is 2.90. The van der Waals surface area contributed by atoms with Crippen LogP contribution in [0.4, 0.5) is 0 Å². The number of hydrogen-bond donors (Lipinski definition) is 0. The van der Waals surface area contributed by atoms with Crippen molar-refractivity contribution in [2.45, 2.75) is 6.42 Å². The van der Waals surface area contributed by atoms with Crippen LogP contribution < -0.4 is 0 Å². The molecule has 264 valence electrons. The minimum absolute atomic E-state index is 0.696. The van der Waals surface area contributed by atoms with Crippen LogP contribution in [0.3, 0.4) is 0 Å². The van der Waals surface area contributed by atoms with Gasteiger partial charge < -0.3 is 4.57 Å². The Hall–Kier alpha value is -7.36. The van der Waals surface area contributed by atoms with E-state index in [1.54, 1.807) is 0 Å². The summed E-state index contributed by atoms with van der Waals surface area (Å²) in [6, 6.07) is 73.3. The molecule has 0 aliphatic carbocycles. The third-order valence-corrected chi connectivity index (χ3v) is 10.7. The number of amidine groups is 1. The van der Waals surface area contributed by atoms with Gasteiger partial charge in [-0.25, -0.2) is 9.98 Å². The van der Waals surface area contributed by atoms with Crippen LogP contribution in [0.15, 0.2) is 222 Å². The van der Waals surface area contributed by atoms with E-state index < -0.39 is 0 Å². The molecule has 0 spiro atoms. The monoisotopic (exact) mass is 715 g/mol. The fourth-order valence-corrected chi connectivity index (χ4v) is 7.92. The molecule has 3 heteroatoms. The highest BCUT2D eigenvalue weighted by molar-refractivity contribution is 6.15. The van der Waals surface area contributed by atoms with E-state index in [9.17, 15) is 0 Å². The molecule has 0 atom stereocenters. The predicted molar refractivity (Wildman–Crippen MR) is 236 cm³/mol. The number of aliphatic imine (C=N–C) groups is 2. The van der Waals surface area contributed by atoms with Crippen LogP contribution in [0.25, 0.3) is 66.6 Å². The predicted octanol–water partition coefficient (Wildman–Crippen LogP) is 13.5. The number of allylic oxidation sites excluding steroid dienone is 1. The Bertz CT molecular complexity index is 2930. The number of hydrogen-bond acceptors (Lipinski definition) is 2. The van der Waals surface area contributed by atoms with Crippen LogP contribution in [-0.4, -0.2) is 16.1 Å². The second kappa shape index (κ2) is 14.5. The van der Waals surface area contributed by atoms with Crippen LogP contribution in [-0.2, 0) is 0 Å². The summed E-state index contributed by atoms with van der Waals surface area (Å²) in [6.45, 7) is 0. The number of benzene rings is 8. The number of aromatic nitrogens is 1. The Morgan fingerprint density at radius 1 is 0.357 bits per heavy atom. The van der Waals surface area contributed by atoms with Gasteiger partial charge in [-0.15, -0.1) is 0 Å². The fraction of sp³-hybridized carbons (Fsp3) is 0.0189. The first kappa shape index (κ1) is 33.2. The Kier molecular flexibility index (Phi) is 8.58. The summed E-state index contributed by atoms with van der Waals surface area (Å²) in [5.41, 5.74) is 15.8. The highest BCUT2D eigenvalue weighted by atomic mass is 15.0. The van der Waals surface area contributed by atoms with E-state index in [0.717, 1.165) is 45.2 Å². The average molecular weight is 716 g/mol. The molecule has 10 rings (SSSR count). The number of fused-ring (bicyclic) bond motifs is 3. The zero-order valence-corrected chi connectivity index (χ0v) is 30.8. The molecule has 0 saturated heterocycles. The minimum atomic E-state index is 0.696. The highest BCUT2D eigenvalue weighted by Crippen LogP contribution is 2.38. The maximum Gasteiger partial charge on any atom is 0.160 e. The van der Waals surface area contributed by atoms with E-state index >= 15 is 0 Å². The highest BCUT2D eigenvalue weighted by Gasteiger charge is 2.17. The van der Waals surface area contributed by atoms with Crippen LogP contribution in [0.5, 0.6) is 0 Å². The van der Waals surface area contributed by atoms with E-state index in [2.05, 4.69) is 193 Å². The first-order valence-electron chi connectivity index (χ1n) is 19.1. The van der Waals surface area contributed by atoms with Crippen LogP contribution in [0.1, 0.15) is 23.1 Å². The van der Waals surface area contributed by atoms with Gasteiger partial charge in [-0.3, -0.25) is 0 Å². The Morgan fingerprint density at radius 2 is 0.875 bits per heavy atom. The molecule has 0 amide bonds. The van der Waals surface area contributed by atoms with Crippen molar-refractivity contribution in [2.75, 3.05) is 0 Å². The van der Waals surface area contributed by atoms with E-state index in [1.165, 1.54) is 49.6 Å². The quantitative estimate of drug-likeness (QED) is 0.157. The summed E-state index contributed by atoms with van der Waals surface area (Å²) in [4.78, 5) is 10.2. The molecule has 0 N–H and O–H groups in total. The third-order valence-electron chi connectivity index (χ3n) is 10.7. The van der Waals surface area contributed by atoms with Gasteiger partial charge in [-0.1, -0.05) is 182 Å². The first-order valence-corrected chi connectivity index (χ1v) is 19.1. The second-order valence-electron chi connectivity index (χ2n) is 14.1. The van der Waals surface area contributed by atoms with Gasteiger partial charge in [-0.05, 0) is 74.8 Å². The normalized spacial score (nSPS) is 12.9. The Labute approximate surface area is 326 Å². The molecule has 0 unspecified atom stereocenters. The van der Waals surface area contributed by atoms with E-state index in [-0.39, 0.29) is 0 Å². The van der Waals surface area contributed by atoms with Crippen LogP contribution in [0.2, 0.25) is 0 Å². The molecular formula is C53H37N3. The number of nitrogens with zero attached hydrogens (tertiary/aromatic N) is 3. The summed E-state index contributed by atoms with van der Waals surface area (Å²) in [5.74, 6) is 0.726. The lowest BCUT2D eigenvalue weighted by Crippen LogP contribution is -2.04. The molecule has 1 aliphatic heterocycles. The smallest absolute Gasteiger partial charge is 0.160 e. The van der Waals surface area contributed by atoms with Gasteiger partial charge >= 0.3 is 0 Å². The van der Waals surface area contributed by atoms with Crippen molar-refractivity contribution in [3.63, 3.8) is 0 Å². The van der Waals surface area contributed by atoms with Crippen molar-refractivity contribution >= 4 is 39.1 Å². The maximum atomic E-state index is 5.14. The largest absolute Gasteiger partial charge is 0.309 e. The van der Waals surface area contributed by atoms with Crippen molar-refractivity contribution in [1.82, 2.24) is 4.57 Å². The average Bonchev–Trinajstić information content (AvgIpc) is 3.44. The molecule has 8 aromatic carbocycles. The van der Waals surface area contributed by atoms with Gasteiger partial charge in [0.2, 0.25) is 0 Å². The third kappa shape index (κ3) is 6.25. The number of para-hydroxylation sites is 1. The van der Waals surface area contributed by atoms with Crippen LogP contribution in [0, 0.1) is 0 Å². The minimum Gasteiger partial charge on any atom is -0.309 e. The Morgan fingerprint density at radius 3 is 1.59 bits per heavy atom. The molecule has 0 bridgehead atoms. The first-order chi connectivity index (χ1) is 27.8. The zero-order valence-electron chi connectivity index (χ0n) is 30.8. The van der Waals surface area contributed by atoms with Gasteiger partial charge in [-0.2, -0.15) is 0 Å². The van der Waals surface area contributed by atoms with E-state index in [4.69, 9.17) is 9.98 Å². The molecule has 0 fully saturated rings. The molecular weight excluding hydrogens is 679 g/mol. The molecule has 9 aromatic rings. The summed E-state index contributed by atoms with van der Waals surface area (Å²) < 4.78 is 2.38. The summed E-state index contributed by atoms with van der Waals surface area (Å²) in [7, 11) is 0. The van der Waals surface area contributed by atoms with Crippen molar-refractivity contribution in [2.24, 2.45) is 9.98 Å². The summed E-state index contributed by atoms with van der Waals surface area (Å²) in [5, 5.41) is 2.48. The molecule has 2 heterocycles. The molecule has 1 aromatic heterocycles. The fourth-order valence-electron chi connectivity index (χ4n) is 7.92. The lowest BCUT2D eigenvalue weighted by Gasteiger charge is -2.12. The zero-order chi connectivity index (χ0) is 37.3. The van der Waals surface area contributed by atoms with Crippen molar-refractivity contribution in [3.8, 4) is 39.1 Å². The van der Waals surface area contributed by atoms with Crippen LogP contribution >= 0.6 is 0 Å². The van der Waals surface area contributed by atoms with Crippen molar-refractivity contribution < 1.29 is 0 Å². The topological polar surface area (TPSA) is 29.6 Å². The SMILES string of the molecule is C1=C(c2ccc(-c3ccccc3-c3ccc4c(c3)c3ccccc3n4-c3ccc(-c4ccccc4)cc3)cc2)N=C(c2ccccc2)N=C(c2ccccc2)C1. The maximum absolute atomic E-state index is 5.14. The van der Waals surface area contributed by atoms with Gasteiger partial charge in [0.25, 0.3) is 0 Å². The Balaban J connectivity index is 1.00. The molecule has 0 radical (unpaired) electrons. The van der Waals surface area contributed by atoms with Gasteiger partial charge in [0.1, 0.15) is 0 Å². The van der Waals surface area contributed by atoms with Crippen molar-refractivity contribution in [1.29, 1.82) is 0 Å². The van der Waals surface area contributed by atoms with Gasteiger partial charge in [0.05, 0.1) is 22.4 Å².